The summed E-state index contributed by atoms with van der Waals surface area (Å²) in [4.78, 5) is 9.18. The molecule has 0 amide bonds. The predicted molar refractivity (Wildman–Crippen MR) is 91.0 cm³/mol. The summed E-state index contributed by atoms with van der Waals surface area (Å²) in [6.07, 6.45) is 4.42. The Kier molecular flexibility index (Phi) is 6.61. The van der Waals surface area contributed by atoms with Gasteiger partial charge in [0.25, 0.3) is 0 Å². The van der Waals surface area contributed by atoms with Gasteiger partial charge in [-0.3, -0.25) is 4.90 Å². The molecule has 0 spiro atoms. The van der Waals surface area contributed by atoms with Gasteiger partial charge in [0.1, 0.15) is 5.82 Å². The van der Waals surface area contributed by atoms with Crippen LogP contribution in [-0.2, 0) is 11.3 Å². The first kappa shape index (κ1) is 17.2. The van der Waals surface area contributed by atoms with Crippen molar-refractivity contribution >= 4 is 5.82 Å². The number of nitrogens with two attached hydrogens (primary N) is 1. The van der Waals surface area contributed by atoms with E-state index in [1.807, 2.05) is 13.2 Å². The lowest BCUT2D eigenvalue weighted by Crippen LogP contribution is -2.39. The summed E-state index contributed by atoms with van der Waals surface area (Å²) in [5.41, 5.74) is 7.28. The summed E-state index contributed by atoms with van der Waals surface area (Å²) in [7, 11) is 3.76. The molecule has 5 nitrogen and oxygen atoms in total. The molecule has 2 N–H and O–H groups in total. The fourth-order valence-corrected chi connectivity index (χ4v) is 2.97. The minimum atomic E-state index is 0.325. The van der Waals surface area contributed by atoms with Gasteiger partial charge in [0.2, 0.25) is 0 Å². The molecule has 124 valence electrons. The first-order valence-electron chi connectivity index (χ1n) is 8.23. The number of rotatable bonds is 7. The largest absolute Gasteiger partial charge is 0.383 e. The van der Waals surface area contributed by atoms with Gasteiger partial charge < -0.3 is 15.4 Å². The first-order chi connectivity index (χ1) is 10.6. The molecule has 0 aromatic carbocycles. The van der Waals surface area contributed by atoms with Crippen LogP contribution in [0, 0.1) is 5.92 Å². The molecule has 1 aromatic rings. The van der Waals surface area contributed by atoms with Crippen molar-refractivity contribution in [2.24, 2.45) is 11.7 Å². The number of hydrogen-bond acceptors (Lipinski definition) is 5. The van der Waals surface area contributed by atoms with Gasteiger partial charge in [0.15, 0.2) is 0 Å². The van der Waals surface area contributed by atoms with E-state index in [0.29, 0.717) is 18.6 Å². The van der Waals surface area contributed by atoms with Crippen molar-refractivity contribution in [3.8, 4) is 0 Å². The van der Waals surface area contributed by atoms with E-state index in [9.17, 15) is 0 Å². The third-order valence-corrected chi connectivity index (χ3v) is 4.61. The minimum Gasteiger partial charge on any atom is -0.383 e. The summed E-state index contributed by atoms with van der Waals surface area (Å²) < 4.78 is 5.10. The third-order valence-electron chi connectivity index (χ3n) is 4.61. The number of anilines is 1. The van der Waals surface area contributed by atoms with Crippen LogP contribution < -0.4 is 10.6 Å². The molecule has 22 heavy (non-hydrogen) atoms. The van der Waals surface area contributed by atoms with Crippen LogP contribution in [-0.4, -0.2) is 56.3 Å². The zero-order valence-corrected chi connectivity index (χ0v) is 14.2. The zero-order chi connectivity index (χ0) is 15.9. The van der Waals surface area contributed by atoms with Gasteiger partial charge in [-0.1, -0.05) is 6.07 Å². The number of nitrogens with zero attached hydrogens (tertiary/aromatic N) is 3. The molecule has 0 radical (unpaired) electrons. The van der Waals surface area contributed by atoms with Crippen molar-refractivity contribution in [1.29, 1.82) is 0 Å². The molecular formula is C17H30N4O. The van der Waals surface area contributed by atoms with Crippen molar-refractivity contribution in [2.45, 2.75) is 32.4 Å². The Bertz CT molecular complexity index is 427. The molecule has 1 aliphatic heterocycles. The van der Waals surface area contributed by atoms with Crippen LogP contribution in [0.2, 0.25) is 0 Å². The van der Waals surface area contributed by atoms with Crippen LogP contribution in [0.15, 0.2) is 18.3 Å². The van der Waals surface area contributed by atoms with Crippen LogP contribution in [0.4, 0.5) is 5.82 Å². The molecule has 1 aliphatic rings. The number of likely N-dealkylation sites (tertiary alicyclic amines) is 1. The molecule has 1 unspecified atom stereocenters. The highest BCUT2D eigenvalue weighted by Gasteiger charge is 2.21. The summed E-state index contributed by atoms with van der Waals surface area (Å²) in [5.74, 6) is 1.68. The molecule has 1 aromatic heterocycles. The van der Waals surface area contributed by atoms with Crippen LogP contribution in [0.5, 0.6) is 0 Å². The van der Waals surface area contributed by atoms with Gasteiger partial charge in [-0.15, -0.1) is 0 Å². The second kappa shape index (κ2) is 8.46. The number of pyridine rings is 1. The van der Waals surface area contributed by atoms with Crippen molar-refractivity contribution in [2.75, 3.05) is 45.3 Å². The van der Waals surface area contributed by atoms with Crippen molar-refractivity contribution in [3.63, 3.8) is 0 Å². The van der Waals surface area contributed by atoms with Gasteiger partial charge in [-0.05, 0) is 50.4 Å². The van der Waals surface area contributed by atoms with E-state index < -0.39 is 0 Å². The maximum absolute atomic E-state index is 6.00. The maximum Gasteiger partial charge on any atom is 0.128 e. The topological polar surface area (TPSA) is 54.6 Å². The van der Waals surface area contributed by atoms with E-state index in [2.05, 4.69) is 33.8 Å². The summed E-state index contributed by atoms with van der Waals surface area (Å²) in [6.45, 7) is 6.97. The molecule has 5 heteroatoms. The Morgan fingerprint density at radius 2 is 2.14 bits per heavy atom. The fraction of sp³-hybridized carbons (Fsp3) is 0.706. The molecule has 2 heterocycles. The number of piperidine rings is 1. The lowest BCUT2D eigenvalue weighted by Gasteiger charge is -2.33. The predicted octanol–water partition coefficient (Wildman–Crippen LogP) is 1.72. The average Bonchev–Trinajstić information content (AvgIpc) is 2.54. The summed E-state index contributed by atoms with van der Waals surface area (Å²) in [5, 5.41) is 0. The molecule has 1 atom stereocenters. The van der Waals surface area contributed by atoms with Crippen LogP contribution in [0.1, 0.15) is 25.3 Å². The molecule has 1 saturated heterocycles. The van der Waals surface area contributed by atoms with Gasteiger partial charge >= 0.3 is 0 Å². The van der Waals surface area contributed by atoms with Gasteiger partial charge in [-0.25, -0.2) is 4.98 Å². The molecular weight excluding hydrogens is 276 g/mol. The Labute approximate surface area is 134 Å². The van der Waals surface area contributed by atoms with Crippen molar-refractivity contribution in [1.82, 2.24) is 9.88 Å². The van der Waals surface area contributed by atoms with E-state index in [0.717, 1.165) is 32.0 Å². The Morgan fingerprint density at radius 3 is 2.68 bits per heavy atom. The maximum atomic E-state index is 6.00. The van der Waals surface area contributed by atoms with E-state index >= 15 is 0 Å². The number of ether oxygens (including phenoxy) is 1. The molecule has 0 aliphatic carbocycles. The van der Waals surface area contributed by atoms with Crippen LogP contribution in [0.3, 0.4) is 0 Å². The van der Waals surface area contributed by atoms with Gasteiger partial charge in [0, 0.05) is 39.5 Å². The van der Waals surface area contributed by atoms with Crippen LogP contribution >= 0.6 is 0 Å². The van der Waals surface area contributed by atoms with Gasteiger partial charge in [0.05, 0.1) is 6.61 Å². The van der Waals surface area contributed by atoms with Crippen molar-refractivity contribution in [3.05, 3.63) is 23.9 Å². The van der Waals surface area contributed by atoms with Crippen molar-refractivity contribution < 1.29 is 4.74 Å². The first-order valence-corrected chi connectivity index (χ1v) is 8.23. The SMILES string of the molecule is COCCN(C)c1ccc(CN2CCC(C(C)N)CC2)cn1. The monoisotopic (exact) mass is 306 g/mol. The number of aromatic nitrogens is 1. The van der Waals surface area contributed by atoms with E-state index in [1.165, 1.54) is 18.4 Å². The number of methoxy groups -OCH3 is 1. The average molecular weight is 306 g/mol. The second-order valence-electron chi connectivity index (χ2n) is 6.41. The fourth-order valence-electron chi connectivity index (χ4n) is 2.97. The van der Waals surface area contributed by atoms with E-state index in [1.54, 1.807) is 7.11 Å². The highest BCUT2D eigenvalue weighted by molar-refractivity contribution is 5.38. The molecule has 0 saturated carbocycles. The van der Waals surface area contributed by atoms with E-state index in [-0.39, 0.29) is 0 Å². The second-order valence-corrected chi connectivity index (χ2v) is 6.41. The van der Waals surface area contributed by atoms with E-state index in [4.69, 9.17) is 10.5 Å². The molecule has 1 fully saturated rings. The highest BCUT2D eigenvalue weighted by atomic mass is 16.5. The Hall–Kier alpha value is -1.17. The zero-order valence-electron chi connectivity index (χ0n) is 14.2. The number of hydrogen-bond donors (Lipinski definition) is 1. The number of likely N-dealkylation sites (N-methyl/N-ethyl adjacent to an activating group) is 1. The highest BCUT2D eigenvalue weighted by Crippen LogP contribution is 2.21. The lowest BCUT2D eigenvalue weighted by molar-refractivity contribution is 0.165. The van der Waals surface area contributed by atoms with Crippen LogP contribution in [0.25, 0.3) is 0 Å². The quantitative estimate of drug-likeness (QED) is 0.831. The molecule has 2 rings (SSSR count). The Balaban J connectivity index is 1.82. The minimum absolute atomic E-state index is 0.325. The smallest absolute Gasteiger partial charge is 0.128 e. The summed E-state index contributed by atoms with van der Waals surface area (Å²) >= 11 is 0. The van der Waals surface area contributed by atoms with Gasteiger partial charge in [-0.2, -0.15) is 0 Å². The molecule has 0 bridgehead atoms. The Morgan fingerprint density at radius 1 is 1.41 bits per heavy atom. The lowest BCUT2D eigenvalue weighted by atomic mass is 9.91. The normalized spacial score (nSPS) is 18.4. The standard InChI is InChI=1S/C17H30N4O/c1-14(18)16-6-8-21(9-7-16)13-15-4-5-17(19-12-15)20(2)10-11-22-3/h4-5,12,14,16H,6-11,13,18H2,1-3H3. The third kappa shape index (κ3) is 4.93. The summed E-state index contributed by atoms with van der Waals surface area (Å²) in [6, 6.07) is 4.61.